The zero-order valence-electron chi connectivity index (χ0n) is 8.97. The lowest BCUT2D eigenvalue weighted by molar-refractivity contribution is -0.123. The summed E-state index contributed by atoms with van der Waals surface area (Å²) in [5.41, 5.74) is 0. The molecule has 0 radical (unpaired) electrons. The molecule has 2 N–H and O–H groups in total. The van der Waals surface area contributed by atoms with Crippen molar-refractivity contribution in [3.63, 3.8) is 0 Å². The van der Waals surface area contributed by atoms with Crippen LogP contribution in [0, 0.1) is 0 Å². The highest BCUT2D eigenvalue weighted by Gasteiger charge is 2.18. The summed E-state index contributed by atoms with van der Waals surface area (Å²) in [6.07, 6.45) is 1.81. The van der Waals surface area contributed by atoms with Crippen LogP contribution in [0.25, 0.3) is 0 Å². The number of anilines is 1. The standard InChI is InChI=1S/C9H14N4O2.ClH/c1-13-8(2-3-11-13)12-9(14)6-15-7-4-10-5-7;/h2-3,7,10H,4-6H2,1H3,(H,12,14);1H. The van der Waals surface area contributed by atoms with Crippen LogP contribution in [-0.2, 0) is 16.6 Å². The average Bonchev–Trinajstić information content (AvgIpc) is 2.49. The van der Waals surface area contributed by atoms with Gasteiger partial charge in [0.1, 0.15) is 12.4 Å². The van der Waals surface area contributed by atoms with E-state index in [2.05, 4.69) is 15.7 Å². The molecule has 0 aromatic carbocycles. The molecule has 0 spiro atoms. The monoisotopic (exact) mass is 246 g/mol. The van der Waals surface area contributed by atoms with E-state index in [-0.39, 0.29) is 31.0 Å². The Morgan fingerprint density at radius 1 is 1.75 bits per heavy atom. The topological polar surface area (TPSA) is 68.2 Å². The number of hydrogen-bond donors (Lipinski definition) is 2. The van der Waals surface area contributed by atoms with E-state index < -0.39 is 0 Å². The molecule has 1 aromatic heterocycles. The lowest BCUT2D eigenvalue weighted by atomic mass is 10.2. The second-order valence-corrected chi connectivity index (χ2v) is 3.48. The molecule has 0 saturated carbocycles. The summed E-state index contributed by atoms with van der Waals surface area (Å²) in [6, 6.07) is 1.74. The van der Waals surface area contributed by atoms with Gasteiger partial charge < -0.3 is 15.4 Å². The molecule has 2 heterocycles. The van der Waals surface area contributed by atoms with E-state index in [1.807, 2.05) is 0 Å². The Balaban J connectivity index is 0.00000128. The first-order valence-corrected chi connectivity index (χ1v) is 4.86. The fourth-order valence-corrected chi connectivity index (χ4v) is 1.25. The van der Waals surface area contributed by atoms with E-state index in [1.54, 1.807) is 24.0 Å². The summed E-state index contributed by atoms with van der Waals surface area (Å²) >= 11 is 0. The predicted octanol–water partition coefficient (Wildman–Crippen LogP) is -0.231. The van der Waals surface area contributed by atoms with Gasteiger partial charge in [-0.1, -0.05) is 0 Å². The van der Waals surface area contributed by atoms with Gasteiger partial charge in [0.2, 0.25) is 0 Å². The molecule has 7 heteroatoms. The van der Waals surface area contributed by atoms with E-state index in [1.165, 1.54) is 0 Å². The fourth-order valence-electron chi connectivity index (χ4n) is 1.25. The van der Waals surface area contributed by atoms with Crippen LogP contribution in [-0.4, -0.2) is 41.5 Å². The minimum absolute atomic E-state index is 0. The number of nitrogens with one attached hydrogen (secondary N) is 2. The molecule has 1 fully saturated rings. The summed E-state index contributed by atoms with van der Waals surface area (Å²) < 4.78 is 6.92. The lowest BCUT2D eigenvalue weighted by Gasteiger charge is -2.26. The van der Waals surface area contributed by atoms with Gasteiger partial charge in [0.25, 0.3) is 5.91 Å². The third-order valence-corrected chi connectivity index (χ3v) is 2.28. The molecular weight excluding hydrogens is 232 g/mol. The van der Waals surface area contributed by atoms with Crippen molar-refractivity contribution in [1.82, 2.24) is 15.1 Å². The summed E-state index contributed by atoms with van der Waals surface area (Å²) in [5, 5.41) is 9.72. The van der Waals surface area contributed by atoms with Gasteiger partial charge in [0.05, 0.1) is 12.3 Å². The second-order valence-electron chi connectivity index (χ2n) is 3.48. The number of amides is 1. The Hall–Kier alpha value is -1.11. The largest absolute Gasteiger partial charge is 0.366 e. The molecule has 1 aromatic rings. The minimum Gasteiger partial charge on any atom is -0.366 e. The molecule has 16 heavy (non-hydrogen) atoms. The second kappa shape index (κ2) is 5.83. The summed E-state index contributed by atoms with van der Waals surface area (Å²) in [4.78, 5) is 11.4. The van der Waals surface area contributed by atoms with Gasteiger partial charge in [-0.2, -0.15) is 5.10 Å². The van der Waals surface area contributed by atoms with E-state index in [0.29, 0.717) is 5.82 Å². The normalized spacial score (nSPS) is 15.1. The fraction of sp³-hybridized carbons (Fsp3) is 0.556. The Bertz CT molecular complexity index is 351. The maximum absolute atomic E-state index is 11.4. The third kappa shape index (κ3) is 3.19. The molecule has 90 valence electrons. The maximum Gasteiger partial charge on any atom is 0.251 e. The average molecular weight is 247 g/mol. The number of carbonyl (C=O) groups excluding carboxylic acids is 1. The number of ether oxygens (including phenoxy) is 1. The van der Waals surface area contributed by atoms with Crippen molar-refractivity contribution < 1.29 is 9.53 Å². The van der Waals surface area contributed by atoms with Gasteiger partial charge in [0.15, 0.2) is 0 Å². The molecule has 1 aliphatic heterocycles. The van der Waals surface area contributed by atoms with Crippen molar-refractivity contribution in [3.8, 4) is 0 Å². The molecular formula is C9H15ClN4O2. The highest BCUT2D eigenvalue weighted by Crippen LogP contribution is 2.03. The van der Waals surface area contributed by atoms with Crippen LogP contribution in [0.15, 0.2) is 12.3 Å². The first-order valence-electron chi connectivity index (χ1n) is 4.86. The first-order chi connectivity index (χ1) is 7.25. The van der Waals surface area contributed by atoms with Gasteiger partial charge in [-0.25, -0.2) is 0 Å². The van der Waals surface area contributed by atoms with Crippen molar-refractivity contribution >= 4 is 24.1 Å². The highest BCUT2D eigenvalue weighted by molar-refractivity contribution is 5.90. The Morgan fingerprint density at radius 2 is 2.50 bits per heavy atom. The Labute approximate surface area is 99.8 Å². The van der Waals surface area contributed by atoms with E-state index in [0.717, 1.165) is 13.1 Å². The van der Waals surface area contributed by atoms with Crippen molar-refractivity contribution in [2.75, 3.05) is 25.0 Å². The predicted molar refractivity (Wildman–Crippen MR) is 61.7 cm³/mol. The van der Waals surface area contributed by atoms with Crippen molar-refractivity contribution in [2.45, 2.75) is 6.10 Å². The van der Waals surface area contributed by atoms with Crippen LogP contribution in [0.5, 0.6) is 0 Å². The molecule has 6 nitrogen and oxygen atoms in total. The van der Waals surface area contributed by atoms with Gasteiger partial charge in [-0.3, -0.25) is 9.48 Å². The SMILES string of the molecule is Cl.Cn1nccc1NC(=O)COC1CNC1. The first kappa shape index (κ1) is 13.0. The lowest BCUT2D eigenvalue weighted by Crippen LogP contribution is -2.49. The molecule has 1 amide bonds. The van der Waals surface area contributed by atoms with Gasteiger partial charge in [-0.15, -0.1) is 12.4 Å². The molecule has 1 aliphatic rings. The van der Waals surface area contributed by atoms with Gasteiger partial charge >= 0.3 is 0 Å². The zero-order chi connectivity index (χ0) is 10.7. The number of hydrogen-bond acceptors (Lipinski definition) is 4. The summed E-state index contributed by atoms with van der Waals surface area (Å²) in [6.45, 7) is 1.76. The van der Waals surface area contributed by atoms with Crippen LogP contribution < -0.4 is 10.6 Å². The third-order valence-electron chi connectivity index (χ3n) is 2.28. The van der Waals surface area contributed by atoms with Crippen LogP contribution in [0.3, 0.4) is 0 Å². The van der Waals surface area contributed by atoms with Crippen molar-refractivity contribution in [2.24, 2.45) is 7.05 Å². The zero-order valence-corrected chi connectivity index (χ0v) is 9.79. The minimum atomic E-state index is -0.148. The highest BCUT2D eigenvalue weighted by atomic mass is 35.5. The molecule has 0 unspecified atom stereocenters. The number of halogens is 1. The molecule has 1 saturated heterocycles. The number of aryl methyl sites for hydroxylation is 1. The molecule has 0 atom stereocenters. The molecule has 2 rings (SSSR count). The van der Waals surface area contributed by atoms with Gasteiger partial charge in [0, 0.05) is 26.2 Å². The van der Waals surface area contributed by atoms with Crippen LogP contribution in [0.2, 0.25) is 0 Å². The van der Waals surface area contributed by atoms with Crippen molar-refractivity contribution in [3.05, 3.63) is 12.3 Å². The Kier molecular flexibility index (Phi) is 4.72. The number of rotatable bonds is 4. The number of aromatic nitrogens is 2. The van der Waals surface area contributed by atoms with Crippen molar-refractivity contribution in [1.29, 1.82) is 0 Å². The van der Waals surface area contributed by atoms with E-state index >= 15 is 0 Å². The Morgan fingerprint density at radius 3 is 3.00 bits per heavy atom. The van der Waals surface area contributed by atoms with Crippen LogP contribution >= 0.6 is 12.4 Å². The summed E-state index contributed by atoms with van der Waals surface area (Å²) in [7, 11) is 1.77. The molecule has 0 aliphatic carbocycles. The van der Waals surface area contributed by atoms with Gasteiger partial charge in [-0.05, 0) is 0 Å². The maximum atomic E-state index is 11.4. The van der Waals surface area contributed by atoms with E-state index in [9.17, 15) is 4.79 Å². The quantitative estimate of drug-likeness (QED) is 0.770. The number of carbonyl (C=O) groups is 1. The molecule has 0 bridgehead atoms. The smallest absolute Gasteiger partial charge is 0.251 e. The number of nitrogens with zero attached hydrogens (tertiary/aromatic N) is 2. The van der Waals surface area contributed by atoms with Crippen LogP contribution in [0.1, 0.15) is 0 Å². The van der Waals surface area contributed by atoms with E-state index in [4.69, 9.17) is 4.74 Å². The summed E-state index contributed by atoms with van der Waals surface area (Å²) in [5.74, 6) is 0.529. The van der Waals surface area contributed by atoms with Crippen LogP contribution in [0.4, 0.5) is 5.82 Å².